The molecule has 0 radical (unpaired) electrons. The van der Waals surface area contributed by atoms with Crippen molar-refractivity contribution in [1.82, 2.24) is 15.1 Å². The fraction of sp³-hybridized carbons (Fsp3) is 0.526. The lowest BCUT2D eigenvalue weighted by atomic mass is 10.1. The van der Waals surface area contributed by atoms with Crippen molar-refractivity contribution in [1.29, 1.82) is 0 Å². The minimum atomic E-state index is 0.329. The summed E-state index contributed by atoms with van der Waals surface area (Å²) in [5.41, 5.74) is 1.27. The largest absolute Gasteiger partial charge is 0.454 e. The summed E-state index contributed by atoms with van der Waals surface area (Å²) in [6.07, 6.45) is 1.94. The Labute approximate surface area is 160 Å². The van der Waals surface area contributed by atoms with E-state index in [0.29, 0.717) is 6.79 Å². The van der Waals surface area contributed by atoms with Crippen LogP contribution in [0.3, 0.4) is 0 Å². The van der Waals surface area contributed by atoms with E-state index in [2.05, 4.69) is 38.8 Å². The van der Waals surface area contributed by atoms with E-state index in [1.165, 1.54) is 5.56 Å². The summed E-state index contributed by atoms with van der Waals surface area (Å²) in [7, 11) is 1.86. The van der Waals surface area contributed by atoms with Gasteiger partial charge in [0, 0.05) is 57.8 Å². The van der Waals surface area contributed by atoms with Crippen molar-refractivity contribution < 1.29 is 9.47 Å². The number of nitrogens with zero attached hydrogens (tertiary/aromatic N) is 3. The molecule has 0 unspecified atom stereocenters. The van der Waals surface area contributed by atoms with Crippen LogP contribution in [0.4, 0.5) is 0 Å². The third-order valence-electron chi connectivity index (χ3n) is 4.49. The van der Waals surface area contributed by atoms with Gasteiger partial charge in [-0.3, -0.25) is 9.89 Å². The van der Waals surface area contributed by atoms with Crippen LogP contribution in [0.1, 0.15) is 5.56 Å². The smallest absolute Gasteiger partial charge is 0.231 e. The van der Waals surface area contributed by atoms with E-state index in [4.69, 9.17) is 9.47 Å². The van der Waals surface area contributed by atoms with Gasteiger partial charge in [-0.2, -0.15) is 11.8 Å². The fourth-order valence-electron chi connectivity index (χ4n) is 3.15. The number of fused-ring (bicyclic) bond motifs is 1. The minimum Gasteiger partial charge on any atom is -0.454 e. The highest BCUT2D eigenvalue weighted by Crippen LogP contribution is 2.32. The van der Waals surface area contributed by atoms with Gasteiger partial charge in [-0.1, -0.05) is 12.1 Å². The lowest BCUT2D eigenvalue weighted by Gasteiger charge is -2.36. The number of thioether (sulfide) groups is 1. The van der Waals surface area contributed by atoms with E-state index in [0.717, 1.165) is 68.2 Å². The first-order chi connectivity index (χ1) is 12.8. The molecule has 1 N–H and O–H groups in total. The number of hydrogen-bond donors (Lipinski definition) is 1. The van der Waals surface area contributed by atoms with Gasteiger partial charge >= 0.3 is 0 Å². The monoisotopic (exact) mass is 376 g/mol. The number of rotatable bonds is 7. The van der Waals surface area contributed by atoms with Gasteiger partial charge in [-0.15, -0.1) is 6.58 Å². The topological polar surface area (TPSA) is 49.3 Å². The molecule has 26 heavy (non-hydrogen) atoms. The molecule has 0 aliphatic carbocycles. The van der Waals surface area contributed by atoms with Crippen molar-refractivity contribution in [3.63, 3.8) is 0 Å². The van der Waals surface area contributed by atoms with Crippen molar-refractivity contribution in [3.05, 3.63) is 36.4 Å². The predicted octanol–water partition coefficient (Wildman–Crippen LogP) is 2.03. The molecule has 2 heterocycles. The number of ether oxygens (including phenoxy) is 2. The Bertz CT molecular complexity index is 630. The predicted molar refractivity (Wildman–Crippen MR) is 108 cm³/mol. The van der Waals surface area contributed by atoms with Crippen LogP contribution in [0, 0.1) is 0 Å². The first-order valence-electron chi connectivity index (χ1n) is 9.05. The molecule has 6 nitrogen and oxygen atoms in total. The summed E-state index contributed by atoms with van der Waals surface area (Å²) in [5, 5.41) is 3.46. The molecule has 1 saturated heterocycles. The Morgan fingerprint density at radius 3 is 2.85 bits per heavy atom. The molecule has 0 atom stereocenters. The Morgan fingerprint density at radius 1 is 1.27 bits per heavy atom. The molecule has 1 aromatic rings. The van der Waals surface area contributed by atoms with E-state index >= 15 is 0 Å². The minimum absolute atomic E-state index is 0.329. The van der Waals surface area contributed by atoms with Crippen molar-refractivity contribution in [2.75, 3.05) is 58.1 Å². The molecule has 7 heteroatoms. The van der Waals surface area contributed by atoms with Gasteiger partial charge in [-0.05, 0) is 17.7 Å². The van der Waals surface area contributed by atoms with Crippen LogP contribution in [0.2, 0.25) is 0 Å². The van der Waals surface area contributed by atoms with Crippen LogP contribution in [0.25, 0.3) is 0 Å². The molecule has 1 aromatic carbocycles. The van der Waals surface area contributed by atoms with Crippen LogP contribution in [-0.2, 0) is 6.54 Å². The van der Waals surface area contributed by atoms with Gasteiger partial charge in [0.1, 0.15) is 0 Å². The summed E-state index contributed by atoms with van der Waals surface area (Å²) in [6.45, 7) is 9.98. The lowest BCUT2D eigenvalue weighted by molar-refractivity contribution is 0.171. The first kappa shape index (κ1) is 18.9. The van der Waals surface area contributed by atoms with Gasteiger partial charge < -0.3 is 19.7 Å². The number of piperazine rings is 1. The van der Waals surface area contributed by atoms with Crippen LogP contribution in [0.5, 0.6) is 11.5 Å². The van der Waals surface area contributed by atoms with Crippen molar-refractivity contribution in [3.8, 4) is 11.5 Å². The molecule has 1 fully saturated rings. The summed E-state index contributed by atoms with van der Waals surface area (Å²) < 4.78 is 10.9. The first-order valence-corrected chi connectivity index (χ1v) is 10.2. The Kier molecular flexibility index (Phi) is 7.08. The molecule has 0 aromatic heterocycles. The number of nitrogens with one attached hydrogen (secondary N) is 1. The molecule has 2 aliphatic rings. The molecule has 0 saturated carbocycles. The molecule has 3 rings (SSSR count). The SMILES string of the molecule is C=CCSCCNC(=NC)N1CCN(Cc2ccc3c(c2)OCO3)CC1. The van der Waals surface area contributed by atoms with Gasteiger partial charge in [0.25, 0.3) is 0 Å². The zero-order chi connectivity index (χ0) is 18.2. The van der Waals surface area contributed by atoms with Crippen LogP contribution in [0.15, 0.2) is 35.8 Å². The third kappa shape index (κ3) is 5.08. The summed E-state index contributed by atoms with van der Waals surface area (Å²) in [6, 6.07) is 6.22. The van der Waals surface area contributed by atoms with E-state index < -0.39 is 0 Å². The molecule has 0 amide bonds. The zero-order valence-corrected chi connectivity index (χ0v) is 16.3. The maximum Gasteiger partial charge on any atom is 0.231 e. The average molecular weight is 377 g/mol. The second-order valence-corrected chi connectivity index (χ2v) is 7.44. The van der Waals surface area contributed by atoms with Gasteiger partial charge in [0.05, 0.1) is 0 Å². The summed E-state index contributed by atoms with van der Waals surface area (Å²) >= 11 is 1.88. The standard InChI is InChI=1S/C19H28N4O2S/c1-3-11-26-12-6-21-19(20-2)23-9-7-22(8-10-23)14-16-4-5-17-18(13-16)25-15-24-17/h3-5,13H,1,6-12,14-15H2,2H3,(H,20,21). The van der Waals surface area contributed by atoms with E-state index in [1.807, 2.05) is 31.0 Å². The average Bonchev–Trinajstić information content (AvgIpc) is 3.13. The molecule has 0 bridgehead atoms. The molecule has 0 spiro atoms. The Hall–Kier alpha value is -1.86. The molecule has 142 valence electrons. The van der Waals surface area contributed by atoms with Crippen LogP contribution in [-0.4, -0.2) is 73.8 Å². The number of aliphatic imine (C=N–C) groups is 1. The Balaban J connectivity index is 1.42. The fourth-order valence-corrected chi connectivity index (χ4v) is 3.73. The summed E-state index contributed by atoms with van der Waals surface area (Å²) in [5.74, 6) is 4.78. The maximum absolute atomic E-state index is 5.47. The van der Waals surface area contributed by atoms with Gasteiger partial charge in [0.15, 0.2) is 17.5 Å². The highest BCUT2D eigenvalue weighted by Gasteiger charge is 2.20. The Morgan fingerprint density at radius 2 is 2.08 bits per heavy atom. The third-order valence-corrected chi connectivity index (χ3v) is 5.46. The van der Waals surface area contributed by atoms with Crippen LogP contribution >= 0.6 is 11.8 Å². The van der Waals surface area contributed by atoms with E-state index in [-0.39, 0.29) is 0 Å². The molecule has 2 aliphatic heterocycles. The maximum atomic E-state index is 5.47. The lowest BCUT2D eigenvalue weighted by Crippen LogP contribution is -2.52. The van der Waals surface area contributed by atoms with Crippen molar-refractivity contribution in [2.24, 2.45) is 4.99 Å². The van der Waals surface area contributed by atoms with Crippen LogP contribution < -0.4 is 14.8 Å². The number of hydrogen-bond acceptors (Lipinski definition) is 5. The quantitative estimate of drug-likeness (QED) is 0.340. The second kappa shape index (κ2) is 9.73. The normalized spacial score (nSPS) is 17.4. The highest BCUT2D eigenvalue weighted by molar-refractivity contribution is 7.99. The highest BCUT2D eigenvalue weighted by atomic mass is 32.2. The van der Waals surface area contributed by atoms with Gasteiger partial charge in [0.2, 0.25) is 6.79 Å². The van der Waals surface area contributed by atoms with Crippen molar-refractivity contribution in [2.45, 2.75) is 6.54 Å². The van der Waals surface area contributed by atoms with Gasteiger partial charge in [-0.25, -0.2) is 0 Å². The van der Waals surface area contributed by atoms with E-state index in [9.17, 15) is 0 Å². The van der Waals surface area contributed by atoms with Crippen molar-refractivity contribution >= 4 is 17.7 Å². The zero-order valence-electron chi connectivity index (χ0n) is 15.4. The van der Waals surface area contributed by atoms with E-state index in [1.54, 1.807) is 0 Å². The molecular formula is C19H28N4O2S. The second-order valence-electron chi connectivity index (χ2n) is 6.29. The number of benzene rings is 1. The summed E-state index contributed by atoms with van der Waals surface area (Å²) in [4.78, 5) is 9.25. The number of guanidine groups is 1. The molecular weight excluding hydrogens is 348 g/mol.